The van der Waals surface area contributed by atoms with Crippen LogP contribution in [0.25, 0.3) is 6.08 Å². The molecule has 0 bridgehead atoms. The van der Waals surface area contributed by atoms with Crippen LogP contribution in [-0.2, 0) is 26.3 Å². The van der Waals surface area contributed by atoms with E-state index in [1.165, 1.54) is 12.1 Å². The van der Waals surface area contributed by atoms with Crippen molar-refractivity contribution in [1.82, 2.24) is 19.6 Å². The molecule has 3 aliphatic rings. The van der Waals surface area contributed by atoms with E-state index >= 15 is 0 Å². The van der Waals surface area contributed by atoms with E-state index in [2.05, 4.69) is 24.8 Å². The third-order valence-electron chi connectivity index (χ3n) is 9.87. The van der Waals surface area contributed by atoms with Crippen LogP contribution in [0, 0.1) is 10.1 Å². The average Bonchev–Trinajstić information content (AvgIpc) is 3.19. The first kappa shape index (κ1) is 35.7. The molecule has 2 aromatic carbocycles. The lowest BCUT2D eigenvalue weighted by Crippen LogP contribution is -2.58. The summed E-state index contributed by atoms with van der Waals surface area (Å²) in [6.07, 6.45) is 3.84. The number of hydrogen-bond acceptors (Lipinski definition) is 11. The number of non-ortho nitro benzene ring substituents is 1. The zero-order valence-electron chi connectivity index (χ0n) is 28.1. The van der Waals surface area contributed by atoms with Gasteiger partial charge in [0.1, 0.15) is 5.75 Å². The minimum atomic E-state index is -1.02. The van der Waals surface area contributed by atoms with Gasteiger partial charge in [-0.1, -0.05) is 18.2 Å². The van der Waals surface area contributed by atoms with Gasteiger partial charge in [0.25, 0.3) is 5.69 Å². The molecule has 3 heterocycles. The van der Waals surface area contributed by atoms with Crippen molar-refractivity contribution in [3.05, 3.63) is 69.3 Å². The van der Waals surface area contributed by atoms with Crippen molar-refractivity contribution in [2.75, 3.05) is 83.9 Å². The molecule has 1 saturated heterocycles. The number of fused-ring (bicyclic) bond motifs is 2. The number of rotatable bonds is 9. The van der Waals surface area contributed by atoms with Crippen LogP contribution in [0.5, 0.6) is 5.75 Å². The molecular formula is C34H44N6O9. The molecular weight excluding hydrogens is 636 g/mol. The molecule has 0 aromatic heterocycles. The number of nitro groups is 1. The molecule has 15 heteroatoms. The Labute approximate surface area is 284 Å². The van der Waals surface area contributed by atoms with Gasteiger partial charge in [0.2, 0.25) is 5.72 Å². The summed E-state index contributed by atoms with van der Waals surface area (Å²) in [6, 6.07) is 11.1. The molecule has 0 radical (unpaired) electrons. The first-order chi connectivity index (χ1) is 23.2. The van der Waals surface area contributed by atoms with E-state index < -0.39 is 34.0 Å². The first-order valence-electron chi connectivity index (χ1n) is 16.3. The molecule has 0 saturated carbocycles. The first-order valence-corrected chi connectivity index (χ1v) is 16.3. The van der Waals surface area contributed by atoms with Gasteiger partial charge in [-0.3, -0.25) is 44.1 Å². The lowest BCUT2D eigenvalue weighted by atomic mass is 9.76. The third-order valence-corrected chi connectivity index (χ3v) is 9.87. The molecule has 264 valence electrons. The van der Waals surface area contributed by atoms with Crippen LogP contribution in [0.2, 0.25) is 0 Å². The highest BCUT2D eigenvalue weighted by molar-refractivity contribution is 5.74. The largest absolute Gasteiger partial charge is 0.480 e. The minimum absolute atomic E-state index is 0.0897. The molecule has 1 unspecified atom stereocenters. The second-order valence-corrected chi connectivity index (χ2v) is 13.4. The van der Waals surface area contributed by atoms with E-state index in [1.54, 1.807) is 14.7 Å². The lowest BCUT2D eigenvalue weighted by Gasteiger charge is -2.46. The molecule has 1 atom stereocenters. The highest BCUT2D eigenvalue weighted by Crippen LogP contribution is 2.54. The van der Waals surface area contributed by atoms with E-state index in [9.17, 15) is 39.8 Å². The summed E-state index contributed by atoms with van der Waals surface area (Å²) >= 11 is 0. The number of ether oxygens (including phenoxy) is 1. The number of carboxylic acids is 3. The standard InChI is InChI=1S/C34H44N6O9/c1-33(2)27-6-4-5-7-28(27)35(3)34(33)9-8-24-18-26(40(47)48)19-25(32(24)49-34)20-36-10-12-37(21-29(41)42)14-16-39(23-31(45)46)17-15-38(13-11-36)22-30(43)44/h4-9,18-19H,10-17,20-23H2,1-3H3,(H,41,42)(H,43,44)(H,45,46). The van der Waals surface area contributed by atoms with E-state index in [0.717, 1.165) is 11.3 Å². The molecule has 3 aliphatic heterocycles. The minimum Gasteiger partial charge on any atom is -0.480 e. The van der Waals surface area contributed by atoms with Gasteiger partial charge in [0.05, 0.1) is 30.0 Å². The van der Waals surface area contributed by atoms with Crippen LogP contribution in [0.3, 0.4) is 0 Å². The van der Waals surface area contributed by atoms with E-state index in [4.69, 9.17) is 4.74 Å². The number of para-hydroxylation sites is 1. The van der Waals surface area contributed by atoms with Crippen molar-refractivity contribution in [3.63, 3.8) is 0 Å². The summed E-state index contributed by atoms with van der Waals surface area (Å²) in [6.45, 7) is 6.21. The van der Waals surface area contributed by atoms with E-state index in [1.807, 2.05) is 42.3 Å². The molecule has 15 nitrogen and oxygen atoms in total. The summed E-state index contributed by atoms with van der Waals surface area (Å²) in [5.74, 6) is -2.54. The van der Waals surface area contributed by atoms with Crippen LogP contribution in [-0.4, -0.2) is 143 Å². The lowest BCUT2D eigenvalue weighted by molar-refractivity contribution is -0.385. The van der Waals surface area contributed by atoms with Crippen molar-refractivity contribution < 1.29 is 39.4 Å². The maximum absolute atomic E-state index is 12.1. The van der Waals surface area contributed by atoms with Crippen LogP contribution >= 0.6 is 0 Å². The Kier molecular flexibility index (Phi) is 10.6. The highest BCUT2D eigenvalue weighted by atomic mass is 16.6. The van der Waals surface area contributed by atoms with Crippen LogP contribution < -0.4 is 9.64 Å². The fourth-order valence-electron chi connectivity index (χ4n) is 7.19. The van der Waals surface area contributed by atoms with Gasteiger partial charge in [0, 0.05) is 94.9 Å². The Balaban J connectivity index is 1.48. The number of anilines is 1. The maximum Gasteiger partial charge on any atom is 0.317 e. The SMILES string of the molecule is CN1c2ccccc2C(C)(C)C12C=Cc1cc([N+](=O)[O-])cc(CN3CCN(CC(=O)O)CCN(CC(=O)O)CCN(CC(=O)O)CC3)c1O2. The van der Waals surface area contributed by atoms with Gasteiger partial charge in [-0.15, -0.1) is 0 Å². The van der Waals surface area contributed by atoms with Crippen LogP contribution in [0.1, 0.15) is 30.5 Å². The summed E-state index contributed by atoms with van der Waals surface area (Å²) in [4.78, 5) is 55.9. The number of nitrogens with zero attached hydrogens (tertiary/aromatic N) is 6. The Morgan fingerprint density at radius 1 is 0.816 bits per heavy atom. The second kappa shape index (κ2) is 14.5. The Morgan fingerprint density at radius 2 is 1.31 bits per heavy atom. The van der Waals surface area contributed by atoms with Gasteiger partial charge in [0.15, 0.2) is 0 Å². The molecule has 1 spiro atoms. The summed E-state index contributed by atoms with van der Waals surface area (Å²) in [5, 5.41) is 40.7. The molecule has 2 aromatic rings. The fourth-order valence-corrected chi connectivity index (χ4v) is 7.19. The van der Waals surface area contributed by atoms with Crippen LogP contribution in [0.15, 0.2) is 42.5 Å². The van der Waals surface area contributed by atoms with Gasteiger partial charge in [-0.25, -0.2) is 0 Å². The highest BCUT2D eigenvalue weighted by Gasteiger charge is 2.57. The Hall–Kier alpha value is -4.57. The zero-order valence-corrected chi connectivity index (χ0v) is 28.1. The van der Waals surface area contributed by atoms with Crippen molar-refractivity contribution >= 4 is 35.4 Å². The van der Waals surface area contributed by atoms with Gasteiger partial charge < -0.3 is 25.0 Å². The molecule has 3 N–H and O–H groups in total. The van der Waals surface area contributed by atoms with Gasteiger partial charge in [-0.2, -0.15) is 0 Å². The van der Waals surface area contributed by atoms with Crippen molar-refractivity contribution in [1.29, 1.82) is 0 Å². The predicted octanol–water partition coefficient (Wildman–Crippen LogP) is 2.10. The summed E-state index contributed by atoms with van der Waals surface area (Å²) in [5.41, 5.74) is 1.78. The molecule has 1 fully saturated rings. The Morgan fingerprint density at radius 3 is 1.78 bits per heavy atom. The number of nitro benzene ring substituents is 1. The van der Waals surface area contributed by atoms with Crippen molar-refractivity contribution in [2.45, 2.75) is 31.5 Å². The maximum atomic E-state index is 12.1. The summed E-state index contributed by atoms with van der Waals surface area (Å²) in [7, 11) is 1.97. The topological polar surface area (TPSA) is 180 Å². The molecule has 0 amide bonds. The summed E-state index contributed by atoms with van der Waals surface area (Å²) < 4.78 is 6.99. The van der Waals surface area contributed by atoms with Gasteiger partial charge >= 0.3 is 17.9 Å². The van der Waals surface area contributed by atoms with E-state index in [0.29, 0.717) is 43.1 Å². The smallest absolute Gasteiger partial charge is 0.317 e. The third kappa shape index (κ3) is 7.69. The Bertz CT molecular complexity index is 1600. The van der Waals surface area contributed by atoms with Crippen LogP contribution in [0.4, 0.5) is 11.4 Å². The zero-order chi connectivity index (χ0) is 35.5. The number of hydrogen-bond donors (Lipinski definition) is 3. The quantitative estimate of drug-likeness (QED) is 0.259. The fraction of sp³-hybridized carbons (Fsp3) is 0.500. The monoisotopic (exact) mass is 680 g/mol. The number of carboxylic acid groups (broad SMARTS) is 3. The average molecular weight is 681 g/mol. The number of likely N-dealkylation sites (N-methyl/N-ethyl adjacent to an activating group) is 1. The molecule has 0 aliphatic carbocycles. The second-order valence-electron chi connectivity index (χ2n) is 13.4. The normalized spacial score (nSPS) is 22.1. The van der Waals surface area contributed by atoms with Crippen molar-refractivity contribution in [2.24, 2.45) is 0 Å². The number of benzene rings is 2. The van der Waals surface area contributed by atoms with Gasteiger partial charge in [-0.05, 0) is 37.6 Å². The molecule has 49 heavy (non-hydrogen) atoms. The number of carbonyl (C=O) groups is 3. The molecule has 5 rings (SSSR count). The predicted molar refractivity (Wildman–Crippen MR) is 181 cm³/mol. The number of aliphatic carboxylic acids is 3. The van der Waals surface area contributed by atoms with E-state index in [-0.39, 0.29) is 58.0 Å². The van der Waals surface area contributed by atoms with Crippen molar-refractivity contribution in [3.8, 4) is 5.75 Å².